The molecule has 1 unspecified atom stereocenters. The van der Waals surface area contributed by atoms with Crippen molar-refractivity contribution < 1.29 is 14.3 Å². The predicted molar refractivity (Wildman–Crippen MR) is 102 cm³/mol. The Morgan fingerprint density at radius 1 is 1.19 bits per heavy atom. The number of rotatable bonds is 6. The normalized spacial score (nSPS) is 15.7. The van der Waals surface area contributed by atoms with Gasteiger partial charge in [-0.05, 0) is 48.6 Å². The number of nitrogens with one attached hydrogen (secondary N) is 2. The summed E-state index contributed by atoms with van der Waals surface area (Å²) < 4.78 is 5.30. The zero-order valence-corrected chi connectivity index (χ0v) is 15.1. The van der Waals surface area contributed by atoms with E-state index in [2.05, 4.69) is 15.6 Å². The van der Waals surface area contributed by atoms with Gasteiger partial charge in [0.2, 0.25) is 5.91 Å². The predicted octanol–water partition coefficient (Wildman–Crippen LogP) is 1.70. The summed E-state index contributed by atoms with van der Waals surface area (Å²) in [5.74, 6) is -0.197. The van der Waals surface area contributed by atoms with Gasteiger partial charge < -0.3 is 21.1 Å². The van der Waals surface area contributed by atoms with Crippen LogP contribution in [-0.2, 0) is 16.1 Å². The molecule has 0 saturated carbocycles. The van der Waals surface area contributed by atoms with Crippen LogP contribution in [0.5, 0.6) is 0 Å². The monoisotopic (exact) mass is 368 g/mol. The van der Waals surface area contributed by atoms with Gasteiger partial charge in [-0.25, -0.2) is 0 Å². The first kappa shape index (κ1) is 19.0. The minimum atomic E-state index is -0.515. The lowest BCUT2D eigenvalue weighted by Gasteiger charge is -2.26. The molecule has 1 aliphatic rings. The summed E-state index contributed by atoms with van der Waals surface area (Å²) in [4.78, 5) is 28.4. The number of hydrogen-bond donors (Lipinski definition) is 3. The Labute approximate surface area is 158 Å². The van der Waals surface area contributed by atoms with Crippen molar-refractivity contribution in [2.75, 3.05) is 18.5 Å². The highest BCUT2D eigenvalue weighted by Crippen LogP contribution is 2.17. The fraction of sp³-hybridized carbons (Fsp3) is 0.350. The number of benzene rings is 1. The SMILES string of the molecule is NC(C(=O)NCc1ccc(C(=O)Nc2cccnc2)cc1)C1CCOCC1. The van der Waals surface area contributed by atoms with Gasteiger partial charge in [0.1, 0.15) is 0 Å². The summed E-state index contributed by atoms with van der Waals surface area (Å²) >= 11 is 0. The summed E-state index contributed by atoms with van der Waals surface area (Å²) in [6, 6.07) is 10.1. The molecule has 2 aromatic rings. The second-order valence-electron chi connectivity index (χ2n) is 6.59. The number of carbonyl (C=O) groups excluding carboxylic acids is 2. The van der Waals surface area contributed by atoms with Crippen molar-refractivity contribution in [3.63, 3.8) is 0 Å². The number of nitrogens with zero attached hydrogens (tertiary/aromatic N) is 1. The van der Waals surface area contributed by atoms with Crippen LogP contribution in [-0.4, -0.2) is 36.1 Å². The molecule has 2 heterocycles. The van der Waals surface area contributed by atoms with E-state index < -0.39 is 6.04 Å². The van der Waals surface area contributed by atoms with Gasteiger partial charge in [0.05, 0.1) is 17.9 Å². The molecule has 4 N–H and O–H groups in total. The van der Waals surface area contributed by atoms with Crippen LogP contribution < -0.4 is 16.4 Å². The van der Waals surface area contributed by atoms with Crippen molar-refractivity contribution in [1.29, 1.82) is 0 Å². The van der Waals surface area contributed by atoms with E-state index in [1.165, 1.54) is 0 Å². The Bertz CT molecular complexity index is 759. The van der Waals surface area contributed by atoms with Crippen LogP contribution in [0.25, 0.3) is 0 Å². The third-order valence-electron chi connectivity index (χ3n) is 4.68. The minimum Gasteiger partial charge on any atom is -0.381 e. The van der Waals surface area contributed by atoms with E-state index in [4.69, 9.17) is 10.5 Å². The Kier molecular flexibility index (Phi) is 6.51. The fourth-order valence-corrected chi connectivity index (χ4v) is 3.01. The number of hydrogen-bond acceptors (Lipinski definition) is 5. The Morgan fingerprint density at radius 2 is 1.93 bits per heavy atom. The topological polar surface area (TPSA) is 106 Å². The maximum absolute atomic E-state index is 12.2. The number of nitrogens with two attached hydrogens (primary N) is 1. The summed E-state index contributed by atoms with van der Waals surface area (Å²) in [6.45, 7) is 1.70. The molecule has 3 rings (SSSR count). The van der Waals surface area contributed by atoms with Gasteiger partial charge in [0.25, 0.3) is 5.91 Å². The van der Waals surface area contributed by atoms with E-state index >= 15 is 0 Å². The van der Waals surface area contributed by atoms with E-state index in [0.717, 1.165) is 18.4 Å². The van der Waals surface area contributed by atoms with Crippen LogP contribution in [0.2, 0.25) is 0 Å². The molecule has 27 heavy (non-hydrogen) atoms. The Balaban J connectivity index is 1.50. The summed E-state index contributed by atoms with van der Waals surface area (Å²) in [7, 11) is 0. The van der Waals surface area contributed by atoms with E-state index in [9.17, 15) is 9.59 Å². The second-order valence-corrected chi connectivity index (χ2v) is 6.59. The molecule has 1 aromatic carbocycles. The molecule has 0 aliphatic carbocycles. The Hall–Kier alpha value is -2.77. The van der Waals surface area contributed by atoms with Crippen molar-refractivity contribution in [1.82, 2.24) is 10.3 Å². The summed E-state index contributed by atoms with van der Waals surface area (Å²) in [5, 5.41) is 5.65. The summed E-state index contributed by atoms with van der Waals surface area (Å²) in [6.07, 6.45) is 4.86. The highest BCUT2D eigenvalue weighted by atomic mass is 16.5. The average Bonchev–Trinajstić information content (AvgIpc) is 2.73. The zero-order valence-electron chi connectivity index (χ0n) is 15.1. The number of anilines is 1. The molecule has 0 bridgehead atoms. The Morgan fingerprint density at radius 3 is 2.59 bits per heavy atom. The van der Waals surface area contributed by atoms with Gasteiger partial charge in [0.15, 0.2) is 0 Å². The van der Waals surface area contributed by atoms with E-state index in [-0.39, 0.29) is 17.7 Å². The van der Waals surface area contributed by atoms with Crippen LogP contribution in [0.3, 0.4) is 0 Å². The molecule has 7 nitrogen and oxygen atoms in total. The lowest BCUT2D eigenvalue weighted by molar-refractivity contribution is -0.124. The van der Waals surface area contributed by atoms with Gasteiger partial charge >= 0.3 is 0 Å². The molecular weight excluding hydrogens is 344 g/mol. The molecule has 142 valence electrons. The fourth-order valence-electron chi connectivity index (χ4n) is 3.01. The average molecular weight is 368 g/mol. The van der Waals surface area contributed by atoms with Crippen LogP contribution in [0, 0.1) is 5.92 Å². The van der Waals surface area contributed by atoms with Crippen molar-refractivity contribution >= 4 is 17.5 Å². The molecule has 1 aromatic heterocycles. The van der Waals surface area contributed by atoms with Crippen molar-refractivity contribution in [2.24, 2.45) is 11.7 Å². The molecule has 7 heteroatoms. The first-order valence-corrected chi connectivity index (χ1v) is 9.05. The third-order valence-corrected chi connectivity index (χ3v) is 4.68. The van der Waals surface area contributed by atoms with Crippen LogP contribution >= 0.6 is 0 Å². The first-order valence-electron chi connectivity index (χ1n) is 9.05. The molecule has 2 amide bonds. The quantitative estimate of drug-likeness (QED) is 0.720. The molecule has 1 fully saturated rings. The number of pyridine rings is 1. The highest BCUT2D eigenvalue weighted by molar-refractivity contribution is 6.04. The molecule has 1 aliphatic heterocycles. The van der Waals surface area contributed by atoms with Crippen molar-refractivity contribution in [3.05, 3.63) is 59.9 Å². The van der Waals surface area contributed by atoms with Crippen molar-refractivity contribution in [3.8, 4) is 0 Å². The molecule has 1 saturated heterocycles. The molecule has 0 spiro atoms. The van der Waals surface area contributed by atoms with Gasteiger partial charge in [-0.15, -0.1) is 0 Å². The smallest absolute Gasteiger partial charge is 0.255 e. The molecule has 1 atom stereocenters. The second kappa shape index (κ2) is 9.25. The lowest BCUT2D eigenvalue weighted by atomic mass is 9.92. The maximum Gasteiger partial charge on any atom is 0.255 e. The molecular formula is C20H24N4O3. The summed E-state index contributed by atoms with van der Waals surface area (Å²) in [5.41, 5.74) is 8.15. The number of aromatic nitrogens is 1. The van der Waals surface area contributed by atoms with E-state index in [1.807, 2.05) is 12.1 Å². The van der Waals surface area contributed by atoms with Gasteiger partial charge in [-0.2, -0.15) is 0 Å². The van der Waals surface area contributed by atoms with Crippen LogP contribution in [0.15, 0.2) is 48.8 Å². The van der Waals surface area contributed by atoms with Gasteiger partial charge in [0, 0.05) is 31.5 Å². The van der Waals surface area contributed by atoms with Crippen LogP contribution in [0.1, 0.15) is 28.8 Å². The zero-order chi connectivity index (χ0) is 19.1. The van der Waals surface area contributed by atoms with Crippen molar-refractivity contribution in [2.45, 2.75) is 25.4 Å². The standard InChI is InChI=1S/C20H24N4O3/c21-18(15-7-10-27-11-8-15)20(26)23-12-14-3-5-16(6-4-14)19(25)24-17-2-1-9-22-13-17/h1-6,9,13,15,18H,7-8,10-12,21H2,(H,23,26)(H,24,25). The largest absolute Gasteiger partial charge is 0.381 e. The van der Waals surface area contributed by atoms with E-state index in [1.54, 1.807) is 36.7 Å². The number of amides is 2. The lowest BCUT2D eigenvalue weighted by Crippen LogP contribution is -2.46. The first-order chi connectivity index (χ1) is 13.1. The van der Waals surface area contributed by atoms with Gasteiger partial charge in [-0.3, -0.25) is 14.6 Å². The van der Waals surface area contributed by atoms with Crippen LogP contribution in [0.4, 0.5) is 5.69 Å². The third kappa shape index (κ3) is 5.35. The highest BCUT2D eigenvalue weighted by Gasteiger charge is 2.26. The van der Waals surface area contributed by atoms with Gasteiger partial charge in [-0.1, -0.05) is 12.1 Å². The molecule has 0 radical (unpaired) electrons. The van der Waals surface area contributed by atoms with E-state index in [0.29, 0.717) is 31.0 Å². The minimum absolute atomic E-state index is 0.153. The number of carbonyl (C=O) groups is 2. The maximum atomic E-state index is 12.2. The number of ether oxygens (including phenoxy) is 1.